The van der Waals surface area contributed by atoms with E-state index in [1.807, 2.05) is 0 Å². The molecule has 0 saturated carbocycles. The number of nitrogens with one attached hydrogen (secondary N) is 2. The van der Waals surface area contributed by atoms with Crippen LogP contribution in [0.1, 0.15) is 10.4 Å². The minimum absolute atomic E-state index is 0.0661. The Morgan fingerprint density at radius 2 is 1.94 bits per heavy atom. The predicted molar refractivity (Wildman–Crippen MR) is 62.6 cm³/mol. The molecule has 1 rings (SSSR count). The van der Waals surface area contributed by atoms with Crippen LogP contribution in [0.25, 0.3) is 0 Å². The van der Waals surface area contributed by atoms with E-state index in [0.717, 1.165) is 0 Å². The number of carbonyl (C=O) groups excluding carboxylic acids is 1. The van der Waals surface area contributed by atoms with Gasteiger partial charge in [0.25, 0.3) is 5.91 Å². The molecule has 94 valence electrons. The highest BCUT2D eigenvalue weighted by Gasteiger charge is 2.19. The second-order valence-electron chi connectivity index (χ2n) is 3.15. The van der Waals surface area contributed by atoms with Gasteiger partial charge < -0.3 is 10.1 Å². The van der Waals surface area contributed by atoms with Crippen LogP contribution in [-0.4, -0.2) is 35.5 Å². The fraction of sp³-hybridized carbons (Fsp3) is 0.300. The minimum atomic E-state index is -3.66. The third-order valence-corrected chi connectivity index (χ3v) is 3.65. The first-order valence-electron chi connectivity index (χ1n) is 4.80. The normalized spacial score (nSPS) is 11.0. The zero-order valence-electron chi connectivity index (χ0n) is 9.77. The van der Waals surface area contributed by atoms with Gasteiger partial charge in [-0.25, -0.2) is 13.1 Å². The third kappa shape index (κ3) is 2.75. The van der Waals surface area contributed by atoms with Crippen molar-refractivity contribution in [1.29, 1.82) is 0 Å². The van der Waals surface area contributed by atoms with Gasteiger partial charge in [0, 0.05) is 12.6 Å². The molecule has 0 fully saturated rings. The van der Waals surface area contributed by atoms with Crippen LogP contribution < -0.4 is 14.8 Å². The third-order valence-electron chi connectivity index (χ3n) is 2.21. The Labute approximate surface area is 100 Å². The summed E-state index contributed by atoms with van der Waals surface area (Å²) >= 11 is 0. The van der Waals surface area contributed by atoms with Crippen molar-refractivity contribution in [2.75, 3.05) is 21.2 Å². The maximum absolute atomic E-state index is 11.7. The number of sulfonamides is 1. The summed E-state index contributed by atoms with van der Waals surface area (Å²) < 4.78 is 30.6. The first-order chi connectivity index (χ1) is 7.96. The predicted octanol–water partition coefficient (Wildman–Crippen LogP) is -0.0371. The lowest BCUT2D eigenvalue weighted by Gasteiger charge is -2.10. The minimum Gasteiger partial charge on any atom is -0.495 e. The molecular formula is C10H14N2O4S. The molecular weight excluding hydrogens is 244 g/mol. The topological polar surface area (TPSA) is 84.5 Å². The highest BCUT2D eigenvalue weighted by molar-refractivity contribution is 7.89. The van der Waals surface area contributed by atoms with Gasteiger partial charge in [0.15, 0.2) is 0 Å². The summed E-state index contributed by atoms with van der Waals surface area (Å²) in [7, 11) is 0.469. The highest BCUT2D eigenvalue weighted by Crippen LogP contribution is 2.24. The Bertz CT molecular complexity index is 525. The molecule has 0 atom stereocenters. The van der Waals surface area contributed by atoms with E-state index in [1.165, 1.54) is 39.4 Å². The Hall–Kier alpha value is -1.60. The molecule has 0 aliphatic rings. The number of carbonyl (C=O) groups is 1. The van der Waals surface area contributed by atoms with Gasteiger partial charge in [-0.05, 0) is 25.2 Å². The van der Waals surface area contributed by atoms with E-state index < -0.39 is 10.0 Å². The zero-order chi connectivity index (χ0) is 13.1. The van der Waals surface area contributed by atoms with E-state index >= 15 is 0 Å². The molecule has 0 aliphatic heterocycles. The van der Waals surface area contributed by atoms with Gasteiger partial charge >= 0.3 is 0 Å². The standard InChI is InChI=1S/C10H14N2O4S/c1-11-10(13)7-4-5-8(16-3)9(6-7)17(14,15)12-2/h4-6,12H,1-3H3,(H,11,13). The number of ether oxygens (including phenoxy) is 1. The second kappa shape index (κ2) is 5.15. The fourth-order valence-corrected chi connectivity index (χ4v) is 2.20. The number of hydrogen-bond donors (Lipinski definition) is 2. The quantitative estimate of drug-likeness (QED) is 0.794. The number of hydrogen-bond acceptors (Lipinski definition) is 4. The largest absolute Gasteiger partial charge is 0.495 e. The molecule has 17 heavy (non-hydrogen) atoms. The molecule has 0 unspecified atom stereocenters. The van der Waals surface area contributed by atoms with E-state index in [2.05, 4.69) is 10.0 Å². The number of amides is 1. The number of benzene rings is 1. The zero-order valence-corrected chi connectivity index (χ0v) is 10.6. The van der Waals surface area contributed by atoms with Gasteiger partial charge in [0.2, 0.25) is 10.0 Å². The van der Waals surface area contributed by atoms with Crippen LogP contribution in [0.4, 0.5) is 0 Å². The van der Waals surface area contributed by atoms with Gasteiger partial charge in [-0.2, -0.15) is 0 Å². The van der Waals surface area contributed by atoms with E-state index in [-0.39, 0.29) is 22.1 Å². The molecule has 6 nitrogen and oxygen atoms in total. The van der Waals surface area contributed by atoms with Crippen molar-refractivity contribution in [3.05, 3.63) is 23.8 Å². The van der Waals surface area contributed by atoms with Crippen LogP contribution in [-0.2, 0) is 10.0 Å². The fourth-order valence-electron chi connectivity index (χ4n) is 1.28. The first-order valence-corrected chi connectivity index (χ1v) is 6.28. The van der Waals surface area contributed by atoms with E-state index in [1.54, 1.807) is 0 Å². The van der Waals surface area contributed by atoms with Crippen molar-refractivity contribution in [2.24, 2.45) is 0 Å². The van der Waals surface area contributed by atoms with Crippen LogP contribution >= 0.6 is 0 Å². The van der Waals surface area contributed by atoms with Gasteiger partial charge in [-0.1, -0.05) is 0 Å². The Kier molecular flexibility index (Phi) is 4.08. The molecule has 0 spiro atoms. The molecule has 0 bridgehead atoms. The monoisotopic (exact) mass is 258 g/mol. The number of rotatable bonds is 4. The summed E-state index contributed by atoms with van der Waals surface area (Å²) in [6, 6.07) is 4.20. The van der Waals surface area contributed by atoms with Crippen LogP contribution in [0.3, 0.4) is 0 Å². The molecule has 7 heteroatoms. The van der Waals surface area contributed by atoms with Gasteiger partial charge in [0.05, 0.1) is 7.11 Å². The van der Waals surface area contributed by atoms with Crippen LogP contribution in [0.15, 0.2) is 23.1 Å². The van der Waals surface area contributed by atoms with E-state index in [4.69, 9.17) is 4.74 Å². The second-order valence-corrected chi connectivity index (χ2v) is 5.01. The van der Waals surface area contributed by atoms with E-state index in [0.29, 0.717) is 0 Å². The molecule has 1 aromatic rings. The van der Waals surface area contributed by atoms with Crippen molar-refractivity contribution in [3.8, 4) is 5.75 Å². The average molecular weight is 258 g/mol. The molecule has 0 saturated heterocycles. The van der Waals surface area contributed by atoms with Crippen LogP contribution in [0.5, 0.6) is 5.75 Å². The summed E-state index contributed by atoms with van der Waals surface area (Å²) in [5, 5.41) is 2.42. The van der Waals surface area contributed by atoms with Crippen molar-refractivity contribution in [3.63, 3.8) is 0 Å². The van der Waals surface area contributed by atoms with E-state index in [9.17, 15) is 13.2 Å². The molecule has 0 heterocycles. The highest BCUT2D eigenvalue weighted by atomic mass is 32.2. The van der Waals surface area contributed by atoms with Crippen molar-refractivity contribution in [1.82, 2.24) is 10.0 Å². The molecule has 2 N–H and O–H groups in total. The average Bonchev–Trinajstić information content (AvgIpc) is 2.36. The Morgan fingerprint density at radius 3 is 2.41 bits per heavy atom. The summed E-state index contributed by atoms with van der Waals surface area (Å²) in [4.78, 5) is 11.3. The van der Waals surface area contributed by atoms with Crippen molar-refractivity contribution >= 4 is 15.9 Å². The van der Waals surface area contributed by atoms with Gasteiger partial charge in [-0.3, -0.25) is 4.79 Å². The molecule has 0 aromatic heterocycles. The Balaban J connectivity index is 3.40. The maximum atomic E-state index is 11.7. The molecule has 1 aromatic carbocycles. The number of methoxy groups -OCH3 is 1. The van der Waals surface area contributed by atoms with Gasteiger partial charge in [0.1, 0.15) is 10.6 Å². The smallest absolute Gasteiger partial charge is 0.251 e. The summed E-state index contributed by atoms with van der Waals surface area (Å²) in [6.07, 6.45) is 0. The van der Waals surface area contributed by atoms with Crippen LogP contribution in [0, 0.1) is 0 Å². The Morgan fingerprint density at radius 1 is 1.29 bits per heavy atom. The maximum Gasteiger partial charge on any atom is 0.251 e. The lowest BCUT2D eigenvalue weighted by molar-refractivity contribution is 0.0963. The summed E-state index contributed by atoms with van der Waals surface area (Å²) in [6.45, 7) is 0. The molecule has 0 radical (unpaired) electrons. The first kappa shape index (κ1) is 13.5. The van der Waals surface area contributed by atoms with Crippen molar-refractivity contribution in [2.45, 2.75) is 4.90 Å². The lowest BCUT2D eigenvalue weighted by Crippen LogP contribution is -2.22. The summed E-state index contributed by atoms with van der Waals surface area (Å²) in [5.74, 6) is -0.174. The van der Waals surface area contributed by atoms with Crippen LogP contribution in [0.2, 0.25) is 0 Å². The van der Waals surface area contributed by atoms with Crippen molar-refractivity contribution < 1.29 is 17.9 Å². The SMILES string of the molecule is CNC(=O)c1ccc(OC)c(S(=O)(=O)NC)c1. The summed E-state index contributed by atoms with van der Waals surface area (Å²) in [5.41, 5.74) is 0.252. The van der Waals surface area contributed by atoms with Gasteiger partial charge in [-0.15, -0.1) is 0 Å². The lowest BCUT2D eigenvalue weighted by atomic mass is 10.2. The molecule has 1 amide bonds. The molecule has 0 aliphatic carbocycles.